The summed E-state index contributed by atoms with van der Waals surface area (Å²) in [6.07, 6.45) is 7.65. The van der Waals surface area contributed by atoms with Crippen molar-refractivity contribution in [3.05, 3.63) is 77.2 Å². The van der Waals surface area contributed by atoms with Crippen molar-refractivity contribution in [2.75, 3.05) is 13.7 Å². The highest BCUT2D eigenvalue weighted by Gasteiger charge is 2.31. The van der Waals surface area contributed by atoms with Crippen molar-refractivity contribution in [1.29, 1.82) is 0 Å². The number of rotatable bonds is 9. The number of pyridine rings is 1. The second kappa shape index (κ2) is 13.4. The number of carbonyl (C=O) groups is 1. The maximum absolute atomic E-state index is 15.2. The van der Waals surface area contributed by atoms with Crippen LogP contribution in [0.4, 0.5) is 18.0 Å². The maximum atomic E-state index is 15.2. The molecule has 9 heteroatoms. The number of hydrogen-bond acceptors (Lipinski definition) is 5. The summed E-state index contributed by atoms with van der Waals surface area (Å²) < 4.78 is 53.3. The quantitative estimate of drug-likeness (QED) is 0.292. The molecule has 0 aliphatic heterocycles. The van der Waals surface area contributed by atoms with E-state index in [0.717, 1.165) is 37.8 Å². The molecule has 0 saturated heterocycles. The van der Waals surface area contributed by atoms with Gasteiger partial charge in [-0.25, -0.2) is 18.0 Å². The van der Waals surface area contributed by atoms with E-state index in [-0.39, 0.29) is 30.0 Å². The second-order valence-corrected chi connectivity index (χ2v) is 11.5. The summed E-state index contributed by atoms with van der Waals surface area (Å²) in [5.41, 5.74) is 0.669. The zero-order chi connectivity index (χ0) is 29.6. The fourth-order valence-electron chi connectivity index (χ4n) is 5.34. The highest BCUT2D eigenvalue weighted by Crippen LogP contribution is 2.32. The van der Waals surface area contributed by atoms with Crippen LogP contribution in [0.25, 0.3) is 17.0 Å². The van der Waals surface area contributed by atoms with Gasteiger partial charge in [-0.3, -0.25) is 4.98 Å². The molecule has 2 aromatic carbocycles. The van der Waals surface area contributed by atoms with Gasteiger partial charge in [-0.1, -0.05) is 12.2 Å². The van der Waals surface area contributed by atoms with Gasteiger partial charge in [0.15, 0.2) is 0 Å². The average molecular weight is 570 g/mol. The Balaban J connectivity index is 1.44. The monoisotopic (exact) mass is 569 g/mol. The number of alkyl carbamates (subject to hydrolysis) is 1. The number of ether oxygens (including phenoxy) is 2. The molecule has 1 amide bonds. The van der Waals surface area contributed by atoms with E-state index in [0.29, 0.717) is 28.8 Å². The van der Waals surface area contributed by atoms with Crippen LogP contribution in [-0.2, 0) is 11.2 Å². The summed E-state index contributed by atoms with van der Waals surface area (Å²) in [5, 5.41) is 7.14. The first kappa shape index (κ1) is 30.4. The van der Waals surface area contributed by atoms with E-state index >= 15 is 4.39 Å². The van der Waals surface area contributed by atoms with Crippen LogP contribution in [0, 0.1) is 23.4 Å². The van der Waals surface area contributed by atoms with Gasteiger partial charge in [-0.15, -0.1) is 0 Å². The molecule has 1 aromatic heterocycles. The van der Waals surface area contributed by atoms with E-state index in [1.807, 2.05) is 0 Å². The van der Waals surface area contributed by atoms with Crippen LogP contribution in [0.15, 0.2) is 48.7 Å². The van der Waals surface area contributed by atoms with E-state index in [9.17, 15) is 13.6 Å². The number of halogens is 3. The minimum atomic E-state index is -0.667. The highest BCUT2D eigenvalue weighted by atomic mass is 19.1. The van der Waals surface area contributed by atoms with Gasteiger partial charge < -0.3 is 20.1 Å². The zero-order valence-corrected chi connectivity index (χ0v) is 24.0. The Morgan fingerprint density at radius 2 is 1.83 bits per heavy atom. The highest BCUT2D eigenvalue weighted by molar-refractivity contribution is 5.84. The van der Waals surface area contributed by atoms with E-state index < -0.39 is 29.1 Å². The summed E-state index contributed by atoms with van der Waals surface area (Å²) >= 11 is 0. The molecule has 3 aromatic rings. The van der Waals surface area contributed by atoms with Gasteiger partial charge in [-0.05, 0) is 95.2 Å². The number of methoxy groups -OCH3 is 1. The number of benzene rings is 2. The van der Waals surface area contributed by atoms with Crippen LogP contribution < -0.4 is 15.4 Å². The molecule has 0 radical (unpaired) electrons. The molecule has 1 unspecified atom stereocenters. The Morgan fingerprint density at radius 1 is 1.07 bits per heavy atom. The van der Waals surface area contributed by atoms with Crippen molar-refractivity contribution >= 4 is 23.1 Å². The number of amides is 1. The molecular weight excluding hydrogens is 531 g/mol. The molecule has 41 heavy (non-hydrogen) atoms. The number of nitrogens with one attached hydrogen (secondary N) is 2. The fourth-order valence-corrected chi connectivity index (χ4v) is 5.34. The van der Waals surface area contributed by atoms with Crippen molar-refractivity contribution in [3.63, 3.8) is 0 Å². The Morgan fingerprint density at radius 3 is 2.54 bits per heavy atom. The van der Waals surface area contributed by atoms with E-state index in [2.05, 4.69) is 15.6 Å². The lowest BCUT2D eigenvalue weighted by atomic mass is 9.79. The van der Waals surface area contributed by atoms with Gasteiger partial charge in [0.2, 0.25) is 0 Å². The third-order valence-electron chi connectivity index (χ3n) is 7.38. The molecule has 1 saturated carbocycles. The Hall–Kier alpha value is -3.59. The van der Waals surface area contributed by atoms with Crippen LogP contribution in [0.1, 0.15) is 57.6 Å². The normalized spacial score (nSPS) is 18.4. The van der Waals surface area contributed by atoms with Crippen LogP contribution in [0.2, 0.25) is 0 Å². The molecule has 4 rings (SSSR count). The SMILES string of the molecule is COc1ccc2ncc(F)c(CC(NC(=O)OC(C)(C)C)[C@H]3CC[C@@H](NC/C=C/c4cc(F)ccc4F)CC3)c2c1. The van der Waals surface area contributed by atoms with Crippen LogP contribution in [-0.4, -0.2) is 42.4 Å². The lowest BCUT2D eigenvalue weighted by Crippen LogP contribution is -2.46. The number of fused-ring (bicyclic) bond motifs is 1. The third-order valence-corrected chi connectivity index (χ3v) is 7.38. The minimum absolute atomic E-state index is 0.103. The zero-order valence-electron chi connectivity index (χ0n) is 24.0. The molecule has 1 aliphatic carbocycles. The summed E-state index contributed by atoms with van der Waals surface area (Å²) in [7, 11) is 1.56. The first-order valence-corrected chi connectivity index (χ1v) is 14.0. The van der Waals surface area contributed by atoms with Gasteiger partial charge in [0.25, 0.3) is 0 Å². The number of aromatic nitrogens is 1. The Kier molecular flexibility index (Phi) is 9.91. The number of nitrogens with zero attached hydrogens (tertiary/aromatic N) is 1. The van der Waals surface area contributed by atoms with Crippen LogP contribution in [0.5, 0.6) is 5.75 Å². The van der Waals surface area contributed by atoms with Gasteiger partial charge in [0.05, 0.1) is 18.8 Å². The van der Waals surface area contributed by atoms with Gasteiger partial charge >= 0.3 is 6.09 Å². The Bertz CT molecular complexity index is 1380. The molecular formula is C32H38F3N3O3. The van der Waals surface area contributed by atoms with Crippen molar-refractivity contribution in [2.24, 2.45) is 5.92 Å². The molecule has 6 nitrogen and oxygen atoms in total. The summed E-state index contributed by atoms with van der Waals surface area (Å²) in [6, 6.07) is 8.60. The predicted molar refractivity (Wildman–Crippen MR) is 154 cm³/mol. The standard InChI is InChI=1S/C32H38F3N3O3/c1-32(2,3)41-31(39)38-30(18-25-26-17-24(40-4)12-14-29(26)37-19-28(25)35)20-7-10-23(11-8-20)36-15-5-6-21-16-22(33)9-13-27(21)34/h5-6,9,12-14,16-17,19-20,23,30,36H,7-8,10-11,15,18H2,1-4H3,(H,38,39)/b6-5+/t20-,23+,30?. The first-order chi connectivity index (χ1) is 19.5. The lowest BCUT2D eigenvalue weighted by Gasteiger charge is -2.35. The van der Waals surface area contributed by atoms with E-state index in [1.165, 1.54) is 12.3 Å². The fraction of sp³-hybridized carbons (Fsp3) is 0.438. The summed E-state index contributed by atoms with van der Waals surface area (Å²) in [4.78, 5) is 17.0. The van der Waals surface area contributed by atoms with Crippen molar-refractivity contribution in [3.8, 4) is 5.75 Å². The Labute approximate surface area is 239 Å². The molecule has 1 heterocycles. The van der Waals surface area contributed by atoms with E-state index in [4.69, 9.17) is 9.47 Å². The third kappa shape index (κ3) is 8.45. The molecule has 220 valence electrons. The molecule has 1 aliphatic rings. The summed E-state index contributed by atoms with van der Waals surface area (Å²) in [6.45, 7) is 5.93. The molecule has 2 N–H and O–H groups in total. The van der Waals surface area contributed by atoms with E-state index in [1.54, 1.807) is 58.2 Å². The minimum Gasteiger partial charge on any atom is -0.497 e. The van der Waals surface area contributed by atoms with Gasteiger partial charge in [0, 0.05) is 35.1 Å². The largest absolute Gasteiger partial charge is 0.497 e. The predicted octanol–water partition coefficient (Wildman–Crippen LogP) is 6.96. The average Bonchev–Trinajstić information content (AvgIpc) is 2.93. The smallest absolute Gasteiger partial charge is 0.407 e. The van der Waals surface area contributed by atoms with Crippen LogP contribution in [0.3, 0.4) is 0 Å². The van der Waals surface area contributed by atoms with Gasteiger partial charge in [0.1, 0.15) is 28.8 Å². The van der Waals surface area contributed by atoms with Crippen molar-refractivity contribution in [2.45, 2.75) is 70.6 Å². The van der Waals surface area contributed by atoms with Crippen molar-refractivity contribution < 1.29 is 27.4 Å². The molecule has 1 atom stereocenters. The first-order valence-electron chi connectivity index (χ1n) is 14.0. The molecule has 1 fully saturated rings. The number of hydrogen-bond donors (Lipinski definition) is 2. The molecule has 0 spiro atoms. The second-order valence-electron chi connectivity index (χ2n) is 11.5. The van der Waals surface area contributed by atoms with Gasteiger partial charge in [-0.2, -0.15) is 0 Å². The summed E-state index contributed by atoms with van der Waals surface area (Å²) in [5.74, 6) is -0.679. The number of carbonyl (C=O) groups excluding carboxylic acids is 1. The maximum Gasteiger partial charge on any atom is 0.407 e. The lowest BCUT2D eigenvalue weighted by molar-refractivity contribution is 0.0474. The van der Waals surface area contributed by atoms with Crippen LogP contribution >= 0.6 is 0 Å². The topological polar surface area (TPSA) is 72.5 Å². The molecule has 0 bridgehead atoms. The van der Waals surface area contributed by atoms with Crippen molar-refractivity contribution in [1.82, 2.24) is 15.6 Å².